The second-order valence-electron chi connectivity index (χ2n) is 4.95. The first-order valence-corrected chi connectivity index (χ1v) is 7.16. The first-order chi connectivity index (χ1) is 8.54. The Bertz CT molecular complexity index is 501. The predicted octanol–water partition coefficient (Wildman–Crippen LogP) is 3.07. The molecule has 4 heteroatoms. The number of hydrogen-bond donors (Lipinski definition) is 1. The van der Waals surface area contributed by atoms with E-state index in [4.69, 9.17) is 0 Å². The van der Waals surface area contributed by atoms with Crippen LogP contribution in [0.4, 0.5) is 0 Å². The fourth-order valence-electron chi connectivity index (χ4n) is 2.14. The third-order valence-electron chi connectivity index (χ3n) is 3.06. The highest BCUT2D eigenvalue weighted by Crippen LogP contribution is 2.18. The molecule has 2 heterocycles. The number of thiophene rings is 1. The Balaban J connectivity index is 1.89. The quantitative estimate of drug-likeness (QED) is 0.898. The van der Waals surface area contributed by atoms with E-state index in [0.29, 0.717) is 12.1 Å². The summed E-state index contributed by atoms with van der Waals surface area (Å²) >= 11 is 1.89. The van der Waals surface area contributed by atoms with Crippen molar-refractivity contribution in [2.24, 2.45) is 7.05 Å². The second kappa shape index (κ2) is 5.67. The van der Waals surface area contributed by atoms with Crippen LogP contribution in [0.15, 0.2) is 24.5 Å². The summed E-state index contributed by atoms with van der Waals surface area (Å²) in [6, 6.07) is 5.23. The van der Waals surface area contributed by atoms with Crippen LogP contribution >= 0.6 is 11.3 Å². The van der Waals surface area contributed by atoms with Crippen molar-refractivity contribution in [1.82, 2.24) is 15.1 Å². The smallest absolute Gasteiger partial charge is 0.0537 e. The molecule has 18 heavy (non-hydrogen) atoms. The maximum absolute atomic E-state index is 4.21. The molecule has 1 N–H and O–H groups in total. The Kier molecular flexibility index (Phi) is 4.19. The van der Waals surface area contributed by atoms with Crippen molar-refractivity contribution < 1.29 is 0 Å². The maximum Gasteiger partial charge on any atom is 0.0537 e. The van der Waals surface area contributed by atoms with Crippen LogP contribution < -0.4 is 5.32 Å². The van der Waals surface area contributed by atoms with Crippen LogP contribution in [0.3, 0.4) is 0 Å². The Morgan fingerprint density at radius 1 is 1.39 bits per heavy atom. The Morgan fingerprint density at radius 2 is 2.17 bits per heavy atom. The van der Waals surface area contributed by atoms with Gasteiger partial charge >= 0.3 is 0 Å². The Labute approximate surface area is 113 Å². The lowest BCUT2D eigenvalue weighted by molar-refractivity contribution is 0.479. The van der Waals surface area contributed by atoms with E-state index in [1.54, 1.807) is 0 Å². The molecular formula is C14H21N3S. The number of hydrogen-bond acceptors (Lipinski definition) is 3. The zero-order valence-corrected chi connectivity index (χ0v) is 12.3. The van der Waals surface area contributed by atoms with Crippen LogP contribution in [-0.4, -0.2) is 15.8 Å². The van der Waals surface area contributed by atoms with Crippen LogP contribution in [0.1, 0.15) is 35.2 Å². The topological polar surface area (TPSA) is 29.9 Å². The third-order valence-corrected chi connectivity index (χ3v) is 4.09. The summed E-state index contributed by atoms with van der Waals surface area (Å²) in [5.74, 6) is 0. The molecule has 0 saturated heterocycles. The normalized spacial score (nSPS) is 14.7. The van der Waals surface area contributed by atoms with Gasteiger partial charge in [0.1, 0.15) is 0 Å². The molecule has 98 valence electrons. The van der Waals surface area contributed by atoms with Crippen LogP contribution in [0.25, 0.3) is 0 Å². The van der Waals surface area contributed by atoms with E-state index in [0.717, 1.165) is 6.42 Å². The highest BCUT2D eigenvalue weighted by atomic mass is 32.1. The lowest BCUT2D eigenvalue weighted by Crippen LogP contribution is -2.30. The molecule has 3 nitrogen and oxygen atoms in total. The Hall–Kier alpha value is -1.13. The van der Waals surface area contributed by atoms with Crippen molar-refractivity contribution in [2.75, 3.05) is 0 Å². The van der Waals surface area contributed by atoms with Crippen molar-refractivity contribution in [3.8, 4) is 0 Å². The third kappa shape index (κ3) is 3.43. The SMILES string of the molecule is Cc1ccc(CC(C)NC(C)c2cnn(C)c2)s1. The average molecular weight is 263 g/mol. The van der Waals surface area contributed by atoms with Gasteiger partial charge in [0, 0.05) is 40.6 Å². The fourth-order valence-corrected chi connectivity index (χ4v) is 3.16. The van der Waals surface area contributed by atoms with E-state index in [9.17, 15) is 0 Å². The molecule has 0 aliphatic rings. The van der Waals surface area contributed by atoms with Gasteiger partial charge in [0.2, 0.25) is 0 Å². The van der Waals surface area contributed by atoms with E-state index < -0.39 is 0 Å². The van der Waals surface area contributed by atoms with E-state index in [-0.39, 0.29) is 0 Å². The summed E-state index contributed by atoms with van der Waals surface area (Å²) < 4.78 is 1.85. The van der Waals surface area contributed by atoms with E-state index in [1.165, 1.54) is 15.3 Å². The zero-order chi connectivity index (χ0) is 13.1. The molecule has 2 atom stereocenters. The van der Waals surface area contributed by atoms with Gasteiger partial charge in [0.25, 0.3) is 0 Å². The second-order valence-corrected chi connectivity index (χ2v) is 6.33. The number of aromatic nitrogens is 2. The first kappa shape index (κ1) is 13.3. The molecule has 0 radical (unpaired) electrons. The lowest BCUT2D eigenvalue weighted by Gasteiger charge is -2.18. The van der Waals surface area contributed by atoms with Crippen LogP contribution in [0, 0.1) is 6.92 Å². The van der Waals surface area contributed by atoms with Gasteiger partial charge in [0.15, 0.2) is 0 Å². The summed E-state index contributed by atoms with van der Waals surface area (Å²) in [6.45, 7) is 6.58. The standard InChI is InChI=1S/C14H21N3S/c1-10(7-14-6-5-11(2)18-14)16-12(3)13-8-15-17(4)9-13/h5-6,8-10,12,16H,7H2,1-4H3. The van der Waals surface area contributed by atoms with Gasteiger partial charge in [0.05, 0.1) is 6.20 Å². The van der Waals surface area contributed by atoms with Crippen molar-refractivity contribution >= 4 is 11.3 Å². The van der Waals surface area contributed by atoms with Gasteiger partial charge in [-0.1, -0.05) is 0 Å². The molecular weight excluding hydrogens is 242 g/mol. The minimum Gasteiger partial charge on any atom is -0.307 e. The molecule has 2 unspecified atom stereocenters. The number of nitrogens with one attached hydrogen (secondary N) is 1. The van der Waals surface area contributed by atoms with Crippen molar-refractivity contribution in [2.45, 2.75) is 39.3 Å². The summed E-state index contributed by atoms with van der Waals surface area (Å²) in [4.78, 5) is 2.84. The van der Waals surface area contributed by atoms with Gasteiger partial charge in [-0.15, -0.1) is 11.3 Å². The van der Waals surface area contributed by atoms with Gasteiger partial charge in [-0.2, -0.15) is 5.10 Å². The van der Waals surface area contributed by atoms with E-state index in [1.807, 2.05) is 29.3 Å². The molecule has 2 rings (SSSR count). The molecule has 0 aromatic carbocycles. The van der Waals surface area contributed by atoms with Crippen LogP contribution in [0.5, 0.6) is 0 Å². The molecule has 0 aliphatic heterocycles. The van der Waals surface area contributed by atoms with Gasteiger partial charge in [-0.25, -0.2) is 0 Å². The minimum absolute atomic E-state index is 0.342. The maximum atomic E-state index is 4.21. The summed E-state index contributed by atoms with van der Waals surface area (Å²) in [5, 5.41) is 7.83. The number of rotatable bonds is 5. The van der Waals surface area contributed by atoms with Crippen molar-refractivity contribution in [3.63, 3.8) is 0 Å². The molecule has 2 aromatic heterocycles. The highest BCUT2D eigenvalue weighted by molar-refractivity contribution is 7.11. The molecule has 0 spiro atoms. The lowest BCUT2D eigenvalue weighted by atomic mass is 10.1. The van der Waals surface area contributed by atoms with E-state index >= 15 is 0 Å². The molecule has 0 saturated carbocycles. The predicted molar refractivity (Wildman–Crippen MR) is 77.0 cm³/mol. The van der Waals surface area contributed by atoms with Crippen LogP contribution in [-0.2, 0) is 13.5 Å². The highest BCUT2D eigenvalue weighted by Gasteiger charge is 2.12. The first-order valence-electron chi connectivity index (χ1n) is 6.34. The molecule has 0 bridgehead atoms. The number of nitrogens with zero attached hydrogens (tertiary/aromatic N) is 2. The molecule has 0 amide bonds. The monoisotopic (exact) mass is 263 g/mol. The molecule has 2 aromatic rings. The zero-order valence-electron chi connectivity index (χ0n) is 11.5. The number of aryl methyl sites for hydroxylation is 2. The Morgan fingerprint density at radius 3 is 2.72 bits per heavy atom. The molecule has 0 aliphatic carbocycles. The average Bonchev–Trinajstić information content (AvgIpc) is 2.87. The van der Waals surface area contributed by atoms with Gasteiger partial charge < -0.3 is 5.32 Å². The van der Waals surface area contributed by atoms with E-state index in [2.05, 4.69) is 49.5 Å². The summed E-state index contributed by atoms with van der Waals surface area (Å²) in [6.07, 6.45) is 5.09. The largest absolute Gasteiger partial charge is 0.307 e. The minimum atomic E-state index is 0.342. The van der Waals surface area contributed by atoms with Crippen molar-refractivity contribution in [1.29, 1.82) is 0 Å². The van der Waals surface area contributed by atoms with Crippen LogP contribution in [0.2, 0.25) is 0 Å². The van der Waals surface area contributed by atoms with Crippen molar-refractivity contribution in [3.05, 3.63) is 39.8 Å². The summed E-state index contributed by atoms with van der Waals surface area (Å²) in [7, 11) is 1.95. The van der Waals surface area contributed by atoms with Gasteiger partial charge in [-0.05, 0) is 39.3 Å². The fraction of sp³-hybridized carbons (Fsp3) is 0.500. The van der Waals surface area contributed by atoms with Gasteiger partial charge in [-0.3, -0.25) is 4.68 Å². The molecule has 0 fully saturated rings. The summed E-state index contributed by atoms with van der Waals surface area (Å²) in [5.41, 5.74) is 1.24.